The van der Waals surface area contributed by atoms with Gasteiger partial charge in [-0.25, -0.2) is 4.98 Å². The zero-order valence-corrected chi connectivity index (χ0v) is 17.3. The van der Waals surface area contributed by atoms with E-state index in [1.807, 2.05) is 45.9 Å². The zero-order valence-electron chi connectivity index (χ0n) is 15.7. The molecule has 0 unspecified atom stereocenters. The number of hydrogen-bond donors (Lipinski definition) is 0. The van der Waals surface area contributed by atoms with Gasteiger partial charge in [-0.1, -0.05) is 35.5 Å². The molecule has 1 amide bonds. The normalized spacial score (nSPS) is 13.8. The van der Waals surface area contributed by atoms with Crippen LogP contribution in [0.2, 0.25) is 5.02 Å². The molecular weight excluding hydrogens is 410 g/mol. The highest BCUT2D eigenvalue weighted by Gasteiger charge is 2.24. The molecule has 4 rings (SSSR count). The summed E-state index contributed by atoms with van der Waals surface area (Å²) in [5.74, 6) is 3.01. The third-order valence-electron chi connectivity index (χ3n) is 4.46. The Labute approximate surface area is 178 Å². The standard InChI is InChI=1S/C20H20ClN5O2S/c21-15-5-3-6-16(13-15)28-11-12-29-20-24-23-18(14-25-10-4-8-19(25)27)26(20)17-7-1-2-9-22-17/h1-3,5-7,9,13H,4,8,10-12,14H2. The van der Waals surface area contributed by atoms with E-state index in [0.29, 0.717) is 36.2 Å². The summed E-state index contributed by atoms with van der Waals surface area (Å²) in [6.07, 6.45) is 3.22. The minimum Gasteiger partial charge on any atom is -0.493 e. The maximum absolute atomic E-state index is 12.0. The second-order valence-corrected chi connectivity index (χ2v) is 7.99. The molecule has 0 spiro atoms. The van der Waals surface area contributed by atoms with E-state index in [0.717, 1.165) is 29.7 Å². The fourth-order valence-corrected chi connectivity index (χ4v) is 4.06. The van der Waals surface area contributed by atoms with Gasteiger partial charge in [-0.3, -0.25) is 9.36 Å². The average Bonchev–Trinajstić information content (AvgIpc) is 3.32. The maximum Gasteiger partial charge on any atom is 0.223 e. The van der Waals surface area contributed by atoms with Crippen LogP contribution in [0.25, 0.3) is 5.82 Å². The van der Waals surface area contributed by atoms with Crippen molar-refractivity contribution in [3.63, 3.8) is 0 Å². The topological polar surface area (TPSA) is 73.1 Å². The second kappa shape index (κ2) is 9.28. The molecule has 1 fully saturated rings. The molecule has 1 aromatic carbocycles. The summed E-state index contributed by atoms with van der Waals surface area (Å²) >= 11 is 7.52. The van der Waals surface area contributed by atoms with Gasteiger partial charge in [0.1, 0.15) is 11.6 Å². The lowest BCUT2D eigenvalue weighted by molar-refractivity contribution is -0.128. The van der Waals surface area contributed by atoms with Gasteiger partial charge >= 0.3 is 0 Å². The van der Waals surface area contributed by atoms with E-state index in [1.165, 1.54) is 11.8 Å². The van der Waals surface area contributed by atoms with Crippen LogP contribution in [0.4, 0.5) is 0 Å². The molecule has 0 aliphatic carbocycles. The fourth-order valence-electron chi connectivity index (χ4n) is 3.10. The SMILES string of the molecule is O=C1CCCN1Cc1nnc(SCCOc2cccc(Cl)c2)n1-c1ccccn1. The molecule has 1 saturated heterocycles. The van der Waals surface area contributed by atoms with Crippen LogP contribution in [0.3, 0.4) is 0 Å². The molecule has 150 valence electrons. The van der Waals surface area contributed by atoms with Crippen molar-refractivity contribution in [1.82, 2.24) is 24.6 Å². The molecule has 7 nitrogen and oxygen atoms in total. The third-order valence-corrected chi connectivity index (χ3v) is 5.59. The largest absolute Gasteiger partial charge is 0.493 e. The molecule has 0 N–H and O–H groups in total. The summed E-state index contributed by atoms with van der Waals surface area (Å²) in [6.45, 7) is 1.69. The lowest BCUT2D eigenvalue weighted by Crippen LogP contribution is -2.25. The first-order valence-electron chi connectivity index (χ1n) is 9.35. The quantitative estimate of drug-likeness (QED) is 0.402. The summed E-state index contributed by atoms with van der Waals surface area (Å²) in [7, 11) is 0. The van der Waals surface area contributed by atoms with Crippen molar-refractivity contribution < 1.29 is 9.53 Å². The van der Waals surface area contributed by atoms with Crippen LogP contribution in [-0.4, -0.2) is 49.5 Å². The van der Waals surface area contributed by atoms with Gasteiger partial charge in [-0.15, -0.1) is 10.2 Å². The number of likely N-dealkylation sites (tertiary alicyclic amines) is 1. The number of benzene rings is 1. The highest BCUT2D eigenvalue weighted by atomic mass is 35.5. The molecular formula is C20H20ClN5O2S. The lowest BCUT2D eigenvalue weighted by atomic mass is 10.3. The Morgan fingerprint density at radius 2 is 2.10 bits per heavy atom. The monoisotopic (exact) mass is 429 g/mol. The molecule has 0 radical (unpaired) electrons. The van der Waals surface area contributed by atoms with Gasteiger partial charge in [-0.05, 0) is 36.8 Å². The third kappa shape index (κ3) is 4.89. The van der Waals surface area contributed by atoms with Crippen molar-refractivity contribution in [1.29, 1.82) is 0 Å². The van der Waals surface area contributed by atoms with Gasteiger partial charge in [0, 0.05) is 29.9 Å². The van der Waals surface area contributed by atoms with Crippen molar-refractivity contribution in [2.75, 3.05) is 18.9 Å². The molecule has 29 heavy (non-hydrogen) atoms. The molecule has 1 aliphatic rings. The highest BCUT2D eigenvalue weighted by molar-refractivity contribution is 7.99. The summed E-state index contributed by atoms with van der Waals surface area (Å²) in [4.78, 5) is 18.3. The Morgan fingerprint density at radius 3 is 2.86 bits per heavy atom. The average molecular weight is 430 g/mol. The van der Waals surface area contributed by atoms with E-state index >= 15 is 0 Å². The predicted molar refractivity (Wildman–Crippen MR) is 111 cm³/mol. The molecule has 0 bridgehead atoms. The minimum atomic E-state index is 0.157. The van der Waals surface area contributed by atoms with Gasteiger partial charge in [0.2, 0.25) is 5.91 Å². The maximum atomic E-state index is 12.0. The number of ether oxygens (including phenoxy) is 1. The highest BCUT2D eigenvalue weighted by Crippen LogP contribution is 2.23. The number of rotatable bonds is 8. The Morgan fingerprint density at radius 1 is 1.17 bits per heavy atom. The number of amides is 1. The van der Waals surface area contributed by atoms with Crippen molar-refractivity contribution in [3.05, 3.63) is 59.5 Å². The number of carbonyl (C=O) groups excluding carboxylic acids is 1. The van der Waals surface area contributed by atoms with Crippen molar-refractivity contribution >= 4 is 29.3 Å². The number of nitrogens with zero attached hydrogens (tertiary/aromatic N) is 5. The molecule has 0 saturated carbocycles. The van der Waals surface area contributed by atoms with E-state index < -0.39 is 0 Å². The van der Waals surface area contributed by atoms with Crippen molar-refractivity contribution in [2.24, 2.45) is 0 Å². The Kier molecular flexibility index (Phi) is 6.31. The molecule has 2 aromatic heterocycles. The first kappa shape index (κ1) is 19.7. The van der Waals surface area contributed by atoms with E-state index in [9.17, 15) is 4.79 Å². The van der Waals surface area contributed by atoms with Gasteiger partial charge < -0.3 is 9.64 Å². The number of hydrogen-bond acceptors (Lipinski definition) is 6. The van der Waals surface area contributed by atoms with Crippen molar-refractivity contribution in [2.45, 2.75) is 24.5 Å². The number of carbonyl (C=O) groups is 1. The molecule has 9 heteroatoms. The summed E-state index contributed by atoms with van der Waals surface area (Å²) in [5.41, 5.74) is 0. The zero-order chi connectivity index (χ0) is 20.1. The van der Waals surface area contributed by atoms with Crippen LogP contribution in [-0.2, 0) is 11.3 Å². The Balaban J connectivity index is 1.46. The van der Waals surface area contributed by atoms with E-state index in [1.54, 1.807) is 12.3 Å². The van der Waals surface area contributed by atoms with Gasteiger partial charge in [-0.2, -0.15) is 0 Å². The number of thioether (sulfide) groups is 1. The van der Waals surface area contributed by atoms with Gasteiger partial charge in [0.05, 0.1) is 13.2 Å². The minimum absolute atomic E-state index is 0.157. The number of halogens is 1. The lowest BCUT2D eigenvalue weighted by Gasteiger charge is -2.16. The molecule has 1 aliphatic heterocycles. The van der Waals surface area contributed by atoms with Crippen LogP contribution in [0.1, 0.15) is 18.7 Å². The predicted octanol–water partition coefficient (Wildman–Crippen LogP) is 3.61. The Hall–Kier alpha value is -2.58. The van der Waals surface area contributed by atoms with E-state index in [4.69, 9.17) is 16.3 Å². The molecule has 0 atom stereocenters. The van der Waals surface area contributed by atoms with Crippen LogP contribution in [0.5, 0.6) is 5.75 Å². The number of aromatic nitrogens is 4. The van der Waals surface area contributed by atoms with Crippen LogP contribution >= 0.6 is 23.4 Å². The van der Waals surface area contributed by atoms with Crippen LogP contribution in [0, 0.1) is 0 Å². The van der Waals surface area contributed by atoms with Crippen molar-refractivity contribution in [3.8, 4) is 11.6 Å². The molecule has 3 heterocycles. The number of pyridine rings is 1. The van der Waals surface area contributed by atoms with Crippen LogP contribution < -0.4 is 4.74 Å². The fraction of sp³-hybridized carbons (Fsp3) is 0.300. The molecule has 3 aromatic rings. The van der Waals surface area contributed by atoms with E-state index in [-0.39, 0.29) is 5.91 Å². The Bertz CT molecular complexity index is 982. The first-order valence-corrected chi connectivity index (χ1v) is 10.7. The smallest absolute Gasteiger partial charge is 0.223 e. The summed E-state index contributed by atoms with van der Waals surface area (Å²) in [5, 5.41) is 10.0. The van der Waals surface area contributed by atoms with Crippen LogP contribution in [0.15, 0.2) is 53.8 Å². The van der Waals surface area contributed by atoms with Gasteiger partial charge in [0.25, 0.3) is 0 Å². The van der Waals surface area contributed by atoms with E-state index in [2.05, 4.69) is 15.2 Å². The second-order valence-electron chi connectivity index (χ2n) is 6.50. The summed E-state index contributed by atoms with van der Waals surface area (Å²) < 4.78 is 7.66. The first-order chi connectivity index (χ1) is 14.2. The summed E-state index contributed by atoms with van der Waals surface area (Å²) in [6, 6.07) is 13.0. The van der Waals surface area contributed by atoms with Gasteiger partial charge in [0.15, 0.2) is 11.0 Å².